The van der Waals surface area contributed by atoms with E-state index in [1.54, 1.807) is 14.2 Å². The van der Waals surface area contributed by atoms with E-state index in [9.17, 15) is 0 Å². The third-order valence-electron chi connectivity index (χ3n) is 3.09. The maximum atomic E-state index is 5.06. The predicted molar refractivity (Wildman–Crippen MR) is 95.9 cm³/mol. The third kappa shape index (κ3) is 8.92. The molecule has 0 saturated carbocycles. The van der Waals surface area contributed by atoms with Crippen molar-refractivity contribution in [2.45, 2.75) is 4.90 Å². The van der Waals surface area contributed by atoms with Crippen molar-refractivity contribution in [1.82, 2.24) is 15.5 Å². The molecule has 0 saturated heterocycles. The Morgan fingerprint density at radius 3 is 2.59 bits per heavy atom. The van der Waals surface area contributed by atoms with Gasteiger partial charge >= 0.3 is 0 Å². The maximum absolute atomic E-state index is 5.06. The summed E-state index contributed by atoms with van der Waals surface area (Å²) in [5.41, 5.74) is 0. The summed E-state index contributed by atoms with van der Waals surface area (Å²) in [5.74, 6) is 1.87. The molecule has 124 valence electrons. The van der Waals surface area contributed by atoms with E-state index < -0.39 is 0 Å². The smallest absolute Gasteiger partial charge is 0.191 e. The highest BCUT2D eigenvalue weighted by molar-refractivity contribution is 7.99. The largest absolute Gasteiger partial charge is 0.383 e. The lowest BCUT2D eigenvalue weighted by molar-refractivity contribution is 0.162. The fourth-order valence-electron chi connectivity index (χ4n) is 1.80. The van der Waals surface area contributed by atoms with Crippen LogP contribution in [0.1, 0.15) is 0 Å². The second kappa shape index (κ2) is 12.3. The number of hydrogen-bond acceptors (Lipinski definition) is 4. The Labute approximate surface area is 138 Å². The highest BCUT2D eigenvalue weighted by Crippen LogP contribution is 2.15. The molecule has 0 amide bonds. The Morgan fingerprint density at radius 1 is 1.18 bits per heavy atom. The Bertz CT molecular complexity index is 414. The van der Waals surface area contributed by atoms with Gasteiger partial charge in [-0.25, -0.2) is 0 Å². The number of nitrogens with one attached hydrogen (secondary N) is 2. The van der Waals surface area contributed by atoms with Crippen molar-refractivity contribution >= 4 is 17.7 Å². The molecular formula is C16H28N4OS. The topological polar surface area (TPSA) is 48.9 Å². The van der Waals surface area contributed by atoms with Crippen molar-refractivity contribution in [3.05, 3.63) is 30.3 Å². The normalized spacial score (nSPS) is 11.7. The second-order valence-corrected chi connectivity index (χ2v) is 6.05. The summed E-state index contributed by atoms with van der Waals surface area (Å²) in [4.78, 5) is 7.76. The molecule has 0 spiro atoms. The Morgan fingerprint density at radius 2 is 1.91 bits per heavy atom. The van der Waals surface area contributed by atoms with Crippen LogP contribution < -0.4 is 10.6 Å². The van der Waals surface area contributed by atoms with Gasteiger partial charge in [0.1, 0.15) is 0 Å². The van der Waals surface area contributed by atoms with E-state index in [1.807, 2.05) is 17.8 Å². The summed E-state index contributed by atoms with van der Waals surface area (Å²) >= 11 is 1.84. The molecule has 22 heavy (non-hydrogen) atoms. The number of thioether (sulfide) groups is 1. The van der Waals surface area contributed by atoms with Crippen LogP contribution in [0, 0.1) is 0 Å². The molecule has 0 atom stereocenters. The maximum Gasteiger partial charge on any atom is 0.191 e. The SMILES string of the molecule is CN=C(NCCSc1ccccc1)NCCN(C)CCOC. The predicted octanol–water partition coefficient (Wildman–Crippen LogP) is 1.52. The molecule has 1 aromatic rings. The number of aliphatic imine (C=N–C) groups is 1. The average molecular weight is 324 g/mol. The number of methoxy groups -OCH3 is 1. The van der Waals surface area contributed by atoms with Crippen LogP contribution in [0.2, 0.25) is 0 Å². The number of benzene rings is 1. The van der Waals surface area contributed by atoms with Crippen molar-refractivity contribution in [2.24, 2.45) is 4.99 Å². The first kappa shape index (κ1) is 18.8. The molecule has 6 heteroatoms. The minimum absolute atomic E-state index is 0.764. The van der Waals surface area contributed by atoms with E-state index >= 15 is 0 Å². The zero-order valence-electron chi connectivity index (χ0n) is 13.8. The molecule has 0 aliphatic rings. The van der Waals surface area contributed by atoms with Crippen LogP contribution in [0.5, 0.6) is 0 Å². The molecule has 0 fully saturated rings. The summed E-state index contributed by atoms with van der Waals surface area (Å²) in [7, 11) is 5.62. The lowest BCUT2D eigenvalue weighted by Gasteiger charge is -2.17. The van der Waals surface area contributed by atoms with Gasteiger partial charge in [-0.2, -0.15) is 0 Å². The van der Waals surface area contributed by atoms with Crippen LogP contribution in [0.15, 0.2) is 40.2 Å². The lowest BCUT2D eigenvalue weighted by Crippen LogP contribution is -2.42. The van der Waals surface area contributed by atoms with E-state index in [0.29, 0.717) is 0 Å². The van der Waals surface area contributed by atoms with Gasteiger partial charge in [0, 0.05) is 51.0 Å². The van der Waals surface area contributed by atoms with Crippen molar-refractivity contribution < 1.29 is 4.74 Å². The lowest BCUT2D eigenvalue weighted by atomic mass is 10.4. The highest BCUT2D eigenvalue weighted by atomic mass is 32.2. The number of rotatable bonds is 10. The number of guanidine groups is 1. The molecule has 0 radical (unpaired) electrons. The second-order valence-electron chi connectivity index (χ2n) is 4.88. The van der Waals surface area contributed by atoms with Crippen LogP contribution in [-0.4, -0.2) is 70.6 Å². The van der Waals surface area contributed by atoms with Crippen LogP contribution in [0.25, 0.3) is 0 Å². The molecular weight excluding hydrogens is 296 g/mol. The first-order valence-electron chi connectivity index (χ1n) is 7.56. The van der Waals surface area contributed by atoms with Gasteiger partial charge in [0.15, 0.2) is 5.96 Å². The standard InChI is InChI=1S/C16H28N4OS/c1-17-16(18-9-11-20(2)12-13-21-3)19-10-14-22-15-7-5-4-6-8-15/h4-8H,9-14H2,1-3H3,(H2,17,18,19). The molecule has 1 rings (SSSR count). The molecule has 0 heterocycles. The fourth-order valence-corrected chi connectivity index (χ4v) is 2.59. The molecule has 0 aliphatic carbocycles. The summed E-state index contributed by atoms with van der Waals surface area (Å²) in [6.45, 7) is 4.42. The van der Waals surface area contributed by atoms with E-state index in [-0.39, 0.29) is 0 Å². The molecule has 0 aliphatic heterocycles. The van der Waals surface area contributed by atoms with Crippen LogP contribution >= 0.6 is 11.8 Å². The quantitative estimate of drug-likeness (QED) is 0.296. The number of nitrogens with zero attached hydrogens (tertiary/aromatic N) is 2. The van der Waals surface area contributed by atoms with E-state index in [4.69, 9.17) is 4.74 Å². The first-order valence-corrected chi connectivity index (χ1v) is 8.54. The van der Waals surface area contributed by atoms with Crippen molar-refractivity contribution in [3.63, 3.8) is 0 Å². The van der Waals surface area contributed by atoms with Crippen molar-refractivity contribution in [3.8, 4) is 0 Å². The van der Waals surface area contributed by atoms with Gasteiger partial charge in [0.2, 0.25) is 0 Å². The van der Waals surface area contributed by atoms with Gasteiger partial charge in [-0.05, 0) is 19.2 Å². The zero-order chi connectivity index (χ0) is 16.0. The van der Waals surface area contributed by atoms with Gasteiger partial charge < -0.3 is 20.3 Å². The van der Waals surface area contributed by atoms with E-state index in [1.165, 1.54) is 4.90 Å². The summed E-state index contributed by atoms with van der Waals surface area (Å²) in [6.07, 6.45) is 0. The van der Waals surface area contributed by atoms with Crippen LogP contribution in [0.4, 0.5) is 0 Å². The van der Waals surface area contributed by atoms with E-state index in [0.717, 1.165) is 44.5 Å². The van der Waals surface area contributed by atoms with Crippen molar-refractivity contribution in [2.75, 3.05) is 59.7 Å². The minimum Gasteiger partial charge on any atom is -0.383 e. The summed E-state index contributed by atoms with van der Waals surface area (Å²) in [6, 6.07) is 10.4. The molecule has 0 unspecified atom stereocenters. The Kier molecular flexibility index (Phi) is 10.5. The minimum atomic E-state index is 0.764. The molecule has 0 bridgehead atoms. The Balaban J connectivity index is 2.09. The van der Waals surface area contributed by atoms with Crippen molar-refractivity contribution in [1.29, 1.82) is 0 Å². The fraction of sp³-hybridized carbons (Fsp3) is 0.562. The summed E-state index contributed by atoms with van der Waals surface area (Å²) < 4.78 is 5.06. The molecule has 0 aromatic heterocycles. The van der Waals surface area contributed by atoms with E-state index in [2.05, 4.69) is 51.8 Å². The number of likely N-dealkylation sites (N-methyl/N-ethyl adjacent to an activating group) is 1. The first-order chi connectivity index (χ1) is 10.8. The molecule has 5 nitrogen and oxygen atoms in total. The van der Waals surface area contributed by atoms with Crippen LogP contribution in [0.3, 0.4) is 0 Å². The summed E-state index contributed by atoms with van der Waals surface area (Å²) in [5, 5.41) is 6.65. The van der Waals surface area contributed by atoms with Gasteiger partial charge in [0.05, 0.1) is 6.61 Å². The highest BCUT2D eigenvalue weighted by Gasteiger charge is 2.00. The molecule has 2 N–H and O–H groups in total. The van der Waals surface area contributed by atoms with Gasteiger partial charge in [0.25, 0.3) is 0 Å². The average Bonchev–Trinajstić information content (AvgIpc) is 2.56. The van der Waals surface area contributed by atoms with Gasteiger partial charge in [-0.15, -0.1) is 11.8 Å². The Hall–Kier alpha value is -1.24. The number of ether oxygens (including phenoxy) is 1. The zero-order valence-corrected chi connectivity index (χ0v) is 14.7. The monoisotopic (exact) mass is 324 g/mol. The van der Waals surface area contributed by atoms with Gasteiger partial charge in [-0.1, -0.05) is 18.2 Å². The number of hydrogen-bond donors (Lipinski definition) is 2. The molecule has 1 aromatic carbocycles. The van der Waals surface area contributed by atoms with Gasteiger partial charge in [-0.3, -0.25) is 4.99 Å². The van der Waals surface area contributed by atoms with Crippen LogP contribution in [-0.2, 0) is 4.74 Å². The third-order valence-corrected chi connectivity index (χ3v) is 4.11.